The van der Waals surface area contributed by atoms with Crippen molar-refractivity contribution in [1.82, 2.24) is 4.98 Å². The lowest BCUT2D eigenvalue weighted by Crippen LogP contribution is -2.07. The summed E-state index contributed by atoms with van der Waals surface area (Å²) in [5.41, 5.74) is 1.92. The summed E-state index contributed by atoms with van der Waals surface area (Å²) in [4.78, 5) is 16.5. The highest BCUT2D eigenvalue weighted by molar-refractivity contribution is 9.10. The van der Waals surface area contributed by atoms with Gasteiger partial charge < -0.3 is 9.15 Å². The Kier molecular flexibility index (Phi) is 4.57. The van der Waals surface area contributed by atoms with Crippen LogP contribution in [0.3, 0.4) is 0 Å². The lowest BCUT2D eigenvalue weighted by molar-refractivity contribution is 0.0464. The monoisotopic (exact) mass is 371 g/mol. The molecule has 0 aliphatic rings. The molecule has 1 heterocycles. The number of rotatable bonds is 4. The summed E-state index contributed by atoms with van der Waals surface area (Å²) in [5.74, 6) is 0.362. The van der Waals surface area contributed by atoms with Gasteiger partial charge in [0.15, 0.2) is 5.69 Å². The van der Waals surface area contributed by atoms with Crippen LogP contribution in [-0.4, -0.2) is 11.0 Å². The number of hydrogen-bond donors (Lipinski definition) is 0. The molecule has 3 aromatic rings. The second-order valence-corrected chi connectivity index (χ2v) is 5.81. The van der Waals surface area contributed by atoms with Gasteiger partial charge in [-0.15, -0.1) is 0 Å². The molecule has 0 unspecified atom stereocenters. The number of benzene rings is 2. The second kappa shape index (κ2) is 6.79. The van der Waals surface area contributed by atoms with Crippen molar-refractivity contribution >= 4 is 21.9 Å². The molecule has 0 aliphatic carbocycles. The van der Waals surface area contributed by atoms with E-state index in [0.29, 0.717) is 11.7 Å². The topological polar surface area (TPSA) is 52.3 Å². The zero-order chi connectivity index (χ0) is 16.2. The van der Waals surface area contributed by atoms with Crippen LogP contribution in [0.5, 0.6) is 0 Å². The summed E-state index contributed by atoms with van der Waals surface area (Å²) < 4.78 is 11.8. The fourth-order valence-electron chi connectivity index (χ4n) is 2.12. The molecule has 23 heavy (non-hydrogen) atoms. The SMILES string of the molecule is Cc1oc(-c2ccccc2)nc1C(=O)OCc1ccccc1Br. The molecule has 0 aliphatic heterocycles. The van der Waals surface area contributed by atoms with Gasteiger partial charge in [0, 0.05) is 15.6 Å². The molecular weight excluding hydrogens is 358 g/mol. The Labute approximate surface area is 142 Å². The number of aryl methyl sites for hydroxylation is 1. The molecule has 2 aromatic carbocycles. The van der Waals surface area contributed by atoms with Gasteiger partial charge in [-0.2, -0.15) is 0 Å². The number of oxazole rings is 1. The zero-order valence-electron chi connectivity index (χ0n) is 12.5. The minimum atomic E-state index is -0.496. The van der Waals surface area contributed by atoms with E-state index in [-0.39, 0.29) is 12.3 Å². The molecule has 0 saturated heterocycles. The zero-order valence-corrected chi connectivity index (χ0v) is 14.0. The molecule has 0 fully saturated rings. The Bertz CT molecular complexity index is 827. The van der Waals surface area contributed by atoms with Crippen molar-refractivity contribution in [2.45, 2.75) is 13.5 Å². The quantitative estimate of drug-likeness (QED) is 0.619. The van der Waals surface area contributed by atoms with E-state index < -0.39 is 5.97 Å². The van der Waals surface area contributed by atoms with Crippen LogP contribution in [0.4, 0.5) is 0 Å². The first-order valence-corrected chi connectivity index (χ1v) is 7.88. The summed E-state index contributed by atoms with van der Waals surface area (Å²) in [6.07, 6.45) is 0. The Morgan fingerprint density at radius 1 is 1.13 bits per heavy atom. The van der Waals surface area contributed by atoms with Crippen molar-refractivity contribution in [2.75, 3.05) is 0 Å². The summed E-state index contributed by atoms with van der Waals surface area (Å²) in [6, 6.07) is 17.0. The molecule has 5 heteroatoms. The first-order valence-electron chi connectivity index (χ1n) is 7.08. The summed E-state index contributed by atoms with van der Waals surface area (Å²) in [6.45, 7) is 1.88. The number of esters is 1. The fourth-order valence-corrected chi connectivity index (χ4v) is 2.52. The van der Waals surface area contributed by atoms with Gasteiger partial charge >= 0.3 is 5.97 Å². The maximum absolute atomic E-state index is 12.2. The lowest BCUT2D eigenvalue weighted by atomic mass is 10.2. The molecule has 1 aromatic heterocycles. The number of aromatic nitrogens is 1. The van der Waals surface area contributed by atoms with E-state index in [1.165, 1.54) is 0 Å². The van der Waals surface area contributed by atoms with Crippen LogP contribution in [0.1, 0.15) is 21.8 Å². The molecule has 3 rings (SSSR count). The van der Waals surface area contributed by atoms with E-state index in [0.717, 1.165) is 15.6 Å². The third-order valence-electron chi connectivity index (χ3n) is 3.33. The van der Waals surface area contributed by atoms with E-state index in [2.05, 4.69) is 20.9 Å². The highest BCUT2D eigenvalue weighted by Gasteiger charge is 2.19. The van der Waals surface area contributed by atoms with Crippen molar-refractivity contribution in [1.29, 1.82) is 0 Å². The molecular formula is C18H14BrNO3. The predicted octanol–water partition coefficient (Wildman–Crippen LogP) is 4.77. The van der Waals surface area contributed by atoms with Crippen LogP contribution in [-0.2, 0) is 11.3 Å². The van der Waals surface area contributed by atoms with Gasteiger partial charge in [0.2, 0.25) is 5.89 Å². The van der Waals surface area contributed by atoms with E-state index in [4.69, 9.17) is 9.15 Å². The van der Waals surface area contributed by atoms with Crippen LogP contribution in [0.15, 0.2) is 63.5 Å². The van der Waals surface area contributed by atoms with Crippen LogP contribution in [0.25, 0.3) is 11.5 Å². The van der Waals surface area contributed by atoms with Gasteiger partial charge in [-0.25, -0.2) is 9.78 Å². The van der Waals surface area contributed by atoms with Gasteiger partial charge in [0.1, 0.15) is 12.4 Å². The summed E-state index contributed by atoms with van der Waals surface area (Å²) >= 11 is 3.43. The molecule has 0 bridgehead atoms. The van der Waals surface area contributed by atoms with E-state index >= 15 is 0 Å². The van der Waals surface area contributed by atoms with Crippen LogP contribution < -0.4 is 0 Å². The van der Waals surface area contributed by atoms with E-state index in [1.54, 1.807) is 6.92 Å². The number of carbonyl (C=O) groups is 1. The van der Waals surface area contributed by atoms with Crippen LogP contribution in [0, 0.1) is 6.92 Å². The largest absolute Gasteiger partial charge is 0.456 e. The van der Waals surface area contributed by atoms with E-state index in [1.807, 2.05) is 54.6 Å². The second-order valence-electron chi connectivity index (χ2n) is 4.96. The summed E-state index contributed by atoms with van der Waals surface area (Å²) in [7, 11) is 0. The number of ether oxygens (including phenoxy) is 1. The maximum atomic E-state index is 12.2. The van der Waals surface area contributed by atoms with Gasteiger partial charge in [-0.1, -0.05) is 52.3 Å². The van der Waals surface area contributed by atoms with Crippen molar-refractivity contribution < 1.29 is 13.9 Å². The van der Waals surface area contributed by atoms with Crippen molar-refractivity contribution in [3.05, 3.63) is 76.1 Å². The van der Waals surface area contributed by atoms with Gasteiger partial charge in [-0.05, 0) is 25.1 Å². The number of carbonyl (C=O) groups excluding carboxylic acids is 1. The van der Waals surface area contributed by atoms with Crippen molar-refractivity contribution in [3.8, 4) is 11.5 Å². The maximum Gasteiger partial charge on any atom is 0.360 e. The Morgan fingerprint density at radius 2 is 1.83 bits per heavy atom. The van der Waals surface area contributed by atoms with Crippen molar-refractivity contribution in [2.24, 2.45) is 0 Å². The highest BCUT2D eigenvalue weighted by atomic mass is 79.9. The summed E-state index contributed by atoms with van der Waals surface area (Å²) in [5, 5.41) is 0. The number of hydrogen-bond acceptors (Lipinski definition) is 4. The van der Waals surface area contributed by atoms with E-state index in [9.17, 15) is 4.79 Å². The van der Waals surface area contributed by atoms with Crippen LogP contribution in [0.2, 0.25) is 0 Å². The predicted molar refractivity (Wildman–Crippen MR) is 89.9 cm³/mol. The van der Waals surface area contributed by atoms with Crippen LogP contribution >= 0.6 is 15.9 Å². The average molecular weight is 372 g/mol. The average Bonchev–Trinajstić information content (AvgIpc) is 2.97. The first-order chi connectivity index (χ1) is 11.1. The number of nitrogens with zero attached hydrogens (tertiary/aromatic N) is 1. The Morgan fingerprint density at radius 3 is 2.57 bits per heavy atom. The molecule has 0 radical (unpaired) electrons. The molecule has 0 atom stereocenters. The lowest BCUT2D eigenvalue weighted by Gasteiger charge is -2.05. The van der Waals surface area contributed by atoms with Gasteiger partial charge in [0.25, 0.3) is 0 Å². The molecule has 0 N–H and O–H groups in total. The first kappa shape index (κ1) is 15.5. The Balaban J connectivity index is 1.75. The van der Waals surface area contributed by atoms with Gasteiger partial charge in [-0.3, -0.25) is 0 Å². The minimum Gasteiger partial charge on any atom is -0.456 e. The normalized spacial score (nSPS) is 10.5. The molecule has 0 saturated carbocycles. The standard InChI is InChI=1S/C18H14BrNO3/c1-12-16(20-17(23-12)13-7-3-2-4-8-13)18(21)22-11-14-9-5-6-10-15(14)19/h2-10H,11H2,1H3. The highest BCUT2D eigenvalue weighted by Crippen LogP contribution is 2.22. The van der Waals surface area contributed by atoms with Gasteiger partial charge in [0.05, 0.1) is 0 Å². The number of halogens is 1. The Hall–Kier alpha value is -2.40. The molecule has 116 valence electrons. The third kappa shape index (κ3) is 3.51. The minimum absolute atomic E-state index is 0.174. The molecule has 0 amide bonds. The third-order valence-corrected chi connectivity index (χ3v) is 4.10. The fraction of sp³-hybridized carbons (Fsp3) is 0.111. The molecule has 0 spiro atoms. The van der Waals surface area contributed by atoms with Crippen molar-refractivity contribution in [3.63, 3.8) is 0 Å². The molecule has 4 nitrogen and oxygen atoms in total. The smallest absolute Gasteiger partial charge is 0.360 e.